The molecule has 1 unspecified atom stereocenters. The van der Waals surface area contributed by atoms with Crippen LogP contribution in [0.1, 0.15) is 13.3 Å². The molecule has 4 nitrogen and oxygen atoms in total. The SMILES string of the molecule is C=C1COC(=O)C(C(=O)OCC)C1. The van der Waals surface area contributed by atoms with Gasteiger partial charge in [0.05, 0.1) is 6.61 Å². The first kappa shape index (κ1) is 9.77. The van der Waals surface area contributed by atoms with Crippen molar-refractivity contribution in [3.63, 3.8) is 0 Å². The standard InChI is InChI=1S/C9H12O4/c1-3-12-8(10)7-4-6(2)5-13-9(7)11/h7H,2-5H2,1H3. The van der Waals surface area contributed by atoms with Gasteiger partial charge < -0.3 is 9.47 Å². The average Bonchev–Trinajstić information content (AvgIpc) is 2.09. The van der Waals surface area contributed by atoms with Gasteiger partial charge >= 0.3 is 11.9 Å². The van der Waals surface area contributed by atoms with E-state index >= 15 is 0 Å². The molecule has 0 amide bonds. The molecule has 0 aromatic rings. The molecule has 4 heteroatoms. The highest BCUT2D eigenvalue weighted by Crippen LogP contribution is 2.19. The van der Waals surface area contributed by atoms with E-state index < -0.39 is 17.9 Å². The highest BCUT2D eigenvalue weighted by atomic mass is 16.6. The molecular weight excluding hydrogens is 172 g/mol. The summed E-state index contributed by atoms with van der Waals surface area (Å²) in [6.07, 6.45) is 0.345. The summed E-state index contributed by atoms with van der Waals surface area (Å²) in [5.74, 6) is -1.83. The Hall–Kier alpha value is -1.32. The third-order valence-corrected chi connectivity index (χ3v) is 1.77. The van der Waals surface area contributed by atoms with Crippen LogP contribution >= 0.6 is 0 Å². The van der Waals surface area contributed by atoms with Crippen LogP contribution in [0.5, 0.6) is 0 Å². The van der Waals surface area contributed by atoms with Gasteiger partial charge in [-0.05, 0) is 18.9 Å². The first-order chi connectivity index (χ1) is 6.15. The fourth-order valence-corrected chi connectivity index (χ4v) is 1.13. The van der Waals surface area contributed by atoms with Crippen LogP contribution in [0.2, 0.25) is 0 Å². The van der Waals surface area contributed by atoms with Crippen molar-refractivity contribution in [2.75, 3.05) is 13.2 Å². The van der Waals surface area contributed by atoms with Gasteiger partial charge in [0.1, 0.15) is 6.61 Å². The first-order valence-corrected chi connectivity index (χ1v) is 4.15. The fraction of sp³-hybridized carbons (Fsp3) is 0.556. The van der Waals surface area contributed by atoms with Crippen LogP contribution in [-0.2, 0) is 19.1 Å². The molecule has 1 rings (SSSR count). The van der Waals surface area contributed by atoms with Gasteiger partial charge in [0.2, 0.25) is 0 Å². The van der Waals surface area contributed by atoms with Crippen molar-refractivity contribution >= 4 is 11.9 Å². The molecule has 1 saturated heterocycles. The van der Waals surface area contributed by atoms with Crippen LogP contribution in [-0.4, -0.2) is 25.2 Å². The Morgan fingerprint density at radius 1 is 1.77 bits per heavy atom. The Bertz CT molecular complexity index is 244. The summed E-state index contributed by atoms with van der Waals surface area (Å²) in [5.41, 5.74) is 0.748. The molecule has 0 spiro atoms. The second-order valence-electron chi connectivity index (χ2n) is 2.87. The minimum atomic E-state index is -0.804. The van der Waals surface area contributed by atoms with Crippen LogP contribution in [0.3, 0.4) is 0 Å². The molecule has 1 fully saturated rings. The number of rotatable bonds is 2. The second-order valence-corrected chi connectivity index (χ2v) is 2.87. The minimum absolute atomic E-state index is 0.217. The molecule has 1 heterocycles. The summed E-state index contributed by atoms with van der Waals surface area (Å²) in [7, 11) is 0. The lowest BCUT2D eigenvalue weighted by atomic mass is 9.99. The van der Waals surface area contributed by atoms with E-state index in [1.807, 2.05) is 0 Å². The predicted molar refractivity (Wildman–Crippen MR) is 44.8 cm³/mol. The maximum Gasteiger partial charge on any atom is 0.320 e. The lowest BCUT2D eigenvalue weighted by Crippen LogP contribution is -2.33. The molecule has 1 aliphatic rings. The monoisotopic (exact) mass is 184 g/mol. The summed E-state index contributed by atoms with van der Waals surface area (Å²) in [5, 5.41) is 0. The molecule has 1 aliphatic heterocycles. The number of esters is 2. The zero-order valence-electron chi connectivity index (χ0n) is 7.54. The largest absolute Gasteiger partial charge is 0.465 e. The Balaban J connectivity index is 2.60. The topological polar surface area (TPSA) is 52.6 Å². The van der Waals surface area contributed by atoms with Crippen molar-refractivity contribution < 1.29 is 19.1 Å². The van der Waals surface area contributed by atoms with Gasteiger partial charge in [0.15, 0.2) is 5.92 Å². The Morgan fingerprint density at radius 2 is 2.46 bits per heavy atom. The number of ether oxygens (including phenoxy) is 2. The van der Waals surface area contributed by atoms with E-state index in [0.717, 1.165) is 5.57 Å². The van der Waals surface area contributed by atoms with Crippen LogP contribution in [0.15, 0.2) is 12.2 Å². The van der Waals surface area contributed by atoms with E-state index in [1.54, 1.807) is 6.92 Å². The van der Waals surface area contributed by atoms with Gasteiger partial charge in [-0.15, -0.1) is 0 Å². The maximum absolute atomic E-state index is 11.2. The van der Waals surface area contributed by atoms with Crippen LogP contribution < -0.4 is 0 Å². The zero-order valence-corrected chi connectivity index (χ0v) is 7.54. The van der Waals surface area contributed by atoms with Gasteiger partial charge in [-0.1, -0.05) is 6.58 Å². The molecule has 13 heavy (non-hydrogen) atoms. The Labute approximate surface area is 76.5 Å². The number of carbonyl (C=O) groups excluding carboxylic acids is 2. The number of hydrogen-bond acceptors (Lipinski definition) is 4. The van der Waals surface area contributed by atoms with Crippen molar-refractivity contribution in [3.05, 3.63) is 12.2 Å². The van der Waals surface area contributed by atoms with E-state index in [1.165, 1.54) is 0 Å². The third kappa shape index (κ3) is 2.31. The maximum atomic E-state index is 11.2. The van der Waals surface area contributed by atoms with Crippen molar-refractivity contribution in [3.8, 4) is 0 Å². The van der Waals surface area contributed by atoms with E-state index in [0.29, 0.717) is 6.42 Å². The molecule has 0 bridgehead atoms. The van der Waals surface area contributed by atoms with E-state index in [9.17, 15) is 9.59 Å². The average molecular weight is 184 g/mol. The molecule has 0 aliphatic carbocycles. The molecule has 0 aromatic carbocycles. The molecule has 1 atom stereocenters. The fourth-order valence-electron chi connectivity index (χ4n) is 1.13. The third-order valence-electron chi connectivity index (χ3n) is 1.77. The number of carbonyl (C=O) groups is 2. The molecular formula is C9H12O4. The van der Waals surface area contributed by atoms with Gasteiger partial charge in [0.25, 0.3) is 0 Å². The Morgan fingerprint density at radius 3 is 3.08 bits per heavy atom. The quantitative estimate of drug-likeness (QED) is 0.359. The van der Waals surface area contributed by atoms with Gasteiger partial charge in [0, 0.05) is 0 Å². The number of hydrogen-bond donors (Lipinski definition) is 0. The molecule has 72 valence electrons. The smallest absolute Gasteiger partial charge is 0.320 e. The van der Waals surface area contributed by atoms with E-state index in [2.05, 4.69) is 6.58 Å². The number of cyclic esters (lactones) is 1. The highest BCUT2D eigenvalue weighted by Gasteiger charge is 2.33. The van der Waals surface area contributed by atoms with Crippen molar-refractivity contribution in [2.45, 2.75) is 13.3 Å². The highest BCUT2D eigenvalue weighted by molar-refractivity contribution is 5.95. The first-order valence-electron chi connectivity index (χ1n) is 4.15. The van der Waals surface area contributed by atoms with Crippen molar-refractivity contribution in [1.82, 2.24) is 0 Å². The lowest BCUT2D eigenvalue weighted by Gasteiger charge is -2.20. The van der Waals surface area contributed by atoms with Crippen molar-refractivity contribution in [2.24, 2.45) is 5.92 Å². The van der Waals surface area contributed by atoms with Crippen LogP contribution in [0.25, 0.3) is 0 Å². The minimum Gasteiger partial charge on any atom is -0.465 e. The van der Waals surface area contributed by atoms with E-state index in [-0.39, 0.29) is 13.2 Å². The summed E-state index contributed by atoms with van der Waals surface area (Å²) < 4.78 is 9.45. The van der Waals surface area contributed by atoms with Crippen molar-refractivity contribution in [1.29, 1.82) is 0 Å². The predicted octanol–water partition coefficient (Wildman–Crippen LogP) is 0.669. The van der Waals surface area contributed by atoms with Crippen LogP contribution in [0, 0.1) is 5.92 Å². The summed E-state index contributed by atoms with van der Waals surface area (Å²) in [6.45, 7) is 5.84. The molecule has 0 saturated carbocycles. The van der Waals surface area contributed by atoms with Crippen LogP contribution in [0.4, 0.5) is 0 Å². The second kappa shape index (κ2) is 4.07. The summed E-state index contributed by atoms with van der Waals surface area (Å²) in [6, 6.07) is 0. The van der Waals surface area contributed by atoms with Gasteiger partial charge in [-0.3, -0.25) is 9.59 Å². The normalized spacial score (nSPS) is 22.4. The zero-order chi connectivity index (χ0) is 9.84. The molecule has 0 aromatic heterocycles. The molecule has 0 N–H and O–H groups in total. The van der Waals surface area contributed by atoms with Gasteiger partial charge in [-0.25, -0.2) is 0 Å². The Kier molecular flexibility index (Phi) is 3.06. The van der Waals surface area contributed by atoms with Gasteiger partial charge in [-0.2, -0.15) is 0 Å². The summed E-state index contributed by atoms with van der Waals surface area (Å²) >= 11 is 0. The van der Waals surface area contributed by atoms with E-state index in [4.69, 9.17) is 9.47 Å². The molecule has 0 radical (unpaired) electrons. The summed E-state index contributed by atoms with van der Waals surface area (Å²) in [4.78, 5) is 22.3. The lowest BCUT2D eigenvalue weighted by molar-refractivity contribution is -0.163.